The largest absolute Gasteiger partial charge is 0.445 e. The molecule has 2 aliphatic carbocycles. The van der Waals surface area contributed by atoms with E-state index >= 15 is 0 Å². The Morgan fingerprint density at radius 1 is 0.955 bits per heavy atom. The highest BCUT2D eigenvalue weighted by molar-refractivity contribution is 7.97. The molecule has 22 heavy (non-hydrogen) atoms. The zero-order chi connectivity index (χ0) is 15.2. The minimum Gasteiger partial charge on any atom is -0.445 e. The van der Waals surface area contributed by atoms with E-state index in [1.807, 2.05) is 36.5 Å². The highest BCUT2D eigenvalue weighted by Gasteiger charge is 2.29. The molecule has 4 heteroatoms. The van der Waals surface area contributed by atoms with E-state index in [0.717, 1.165) is 16.5 Å². The summed E-state index contributed by atoms with van der Waals surface area (Å²) in [7, 11) is 0. The molecule has 1 aromatic heterocycles. The Hall–Kier alpha value is -1.26. The number of nitrogens with two attached hydrogens (primary N) is 1. The van der Waals surface area contributed by atoms with Gasteiger partial charge >= 0.3 is 0 Å². The van der Waals surface area contributed by atoms with E-state index in [-0.39, 0.29) is 0 Å². The van der Waals surface area contributed by atoms with Crippen LogP contribution in [0.1, 0.15) is 68.4 Å². The molecule has 0 saturated heterocycles. The Labute approximate surface area is 136 Å². The lowest BCUT2D eigenvalue weighted by Crippen LogP contribution is -2.04. The van der Waals surface area contributed by atoms with E-state index in [0.29, 0.717) is 11.8 Å². The summed E-state index contributed by atoms with van der Waals surface area (Å²) in [5, 5.41) is 5.27. The summed E-state index contributed by atoms with van der Waals surface area (Å²) in [5.74, 6) is 3.49. The van der Waals surface area contributed by atoms with E-state index in [4.69, 9.17) is 9.56 Å². The summed E-state index contributed by atoms with van der Waals surface area (Å²) in [4.78, 5) is 5.54. The van der Waals surface area contributed by atoms with Crippen molar-refractivity contribution in [1.82, 2.24) is 4.98 Å². The molecule has 4 rings (SSSR count). The molecule has 2 N–H and O–H groups in total. The van der Waals surface area contributed by atoms with E-state index in [1.54, 1.807) is 0 Å². The first-order valence-corrected chi connectivity index (χ1v) is 9.12. The predicted molar refractivity (Wildman–Crippen MR) is 90.8 cm³/mol. The number of rotatable bonds is 3. The van der Waals surface area contributed by atoms with Gasteiger partial charge in [0.05, 0.1) is 6.20 Å². The first kappa shape index (κ1) is 15.6. The quantitative estimate of drug-likeness (QED) is 0.785. The van der Waals surface area contributed by atoms with Gasteiger partial charge in [0.25, 0.3) is 0 Å². The SMILES string of the molecule is NSc1ccccc1.c1nc(C2CCCCC2)oc1C1CC1. The van der Waals surface area contributed by atoms with Crippen molar-refractivity contribution in [1.29, 1.82) is 0 Å². The first-order valence-electron chi connectivity index (χ1n) is 8.24. The van der Waals surface area contributed by atoms with Crippen LogP contribution in [0.25, 0.3) is 0 Å². The van der Waals surface area contributed by atoms with Crippen molar-refractivity contribution in [3.05, 3.63) is 48.2 Å². The van der Waals surface area contributed by atoms with Gasteiger partial charge in [0.15, 0.2) is 5.89 Å². The van der Waals surface area contributed by atoms with Crippen LogP contribution in [0.2, 0.25) is 0 Å². The van der Waals surface area contributed by atoms with Gasteiger partial charge in [-0.15, -0.1) is 0 Å². The molecule has 0 amide bonds. The molecular formula is C18H24N2OS. The van der Waals surface area contributed by atoms with Crippen LogP contribution in [0, 0.1) is 0 Å². The Morgan fingerprint density at radius 3 is 2.27 bits per heavy atom. The third-order valence-electron chi connectivity index (χ3n) is 4.35. The fourth-order valence-electron chi connectivity index (χ4n) is 2.89. The highest BCUT2D eigenvalue weighted by Crippen LogP contribution is 2.42. The molecule has 3 nitrogen and oxygen atoms in total. The molecule has 2 fully saturated rings. The maximum Gasteiger partial charge on any atom is 0.197 e. The van der Waals surface area contributed by atoms with Crippen LogP contribution in [-0.4, -0.2) is 4.98 Å². The van der Waals surface area contributed by atoms with E-state index in [1.165, 1.54) is 56.9 Å². The third-order valence-corrected chi connectivity index (χ3v) is 4.90. The first-order chi connectivity index (χ1) is 10.9. The van der Waals surface area contributed by atoms with E-state index < -0.39 is 0 Å². The van der Waals surface area contributed by atoms with Gasteiger partial charge in [0.2, 0.25) is 0 Å². The molecule has 118 valence electrons. The van der Waals surface area contributed by atoms with Crippen LogP contribution in [0.5, 0.6) is 0 Å². The minimum absolute atomic E-state index is 0.622. The number of hydrogen-bond acceptors (Lipinski definition) is 4. The van der Waals surface area contributed by atoms with Crippen LogP contribution in [0.15, 0.2) is 45.8 Å². The maximum atomic E-state index is 5.84. The predicted octanol–water partition coefficient (Wildman–Crippen LogP) is 5.25. The summed E-state index contributed by atoms with van der Waals surface area (Å²) >= 11 is 1.27. The summed E-state index contributed by atoms with van der Waals surface area (Å²) in [6.45, 7) is 0. The molecule has 0 spiro atoms. The second-order valence-corrected chi connectivity index (χ2v) is 6.85. The maximum absolute atomic E-state index is 5.84. The molecule has 0 atom stereocenters. The summed E-state index contributed by atoms with van der Waals surface area (Å²) in [6.07, 6.45) is 11.2. The van der Waals surface area contributed by atoms with Crippen LogP contribution in [0.3, 0.4) is 0 Å². The second kappa shape index (κ2) is 7.84. The van der Waals surface area contributed by atoms with E-state index in [2.05, 4.69) is 4.98 Å². The lowest BCUT2D eigenvalue weighted by Gasteiger charge is -2.17. The third kappa shape index (κ3) is 4.37. The lowest BCUT2D eigenvalue weighted by molar-refractivity contribution is 0.352. The number of benzene rings is 1. The normalized spacial score (nSPS) is 18.6. The van der Waals surface area contributed by atoms with Gasteiger partial charge in [-0.2, -0.15) is 0 Å². The van der Waals surface area contributed by atoms with Gasteiger partial charge < -0.3 is 4.42 Å². The monoisotopic (exact) mass is 316 g/mol. The van der Waals surface area contributed by atoms with Gasteiger partial charge in [-0.3, -0.25) is 5.14 Å². The van der Waals surface area contributed by atoms with Crippen LogP contribution < -0.4 is 5.14 Å². The fourth-order valence-corrected chi connectivity index (χ4v) is 3.21. The summed E-state index contributed by atoms with van der Waals surface area (Å²) in [5.41, 5.74) is 0. The molecule has 2 aromatic rings. The zero-order valence-electron chi connectivity index (χ0n) is 12.9. The number of aromatic nitrogens is 1. The number of hydrogen-bond donors (Lipinski definition) is 1. The molecule has 2 saturated carbocycles. The van der Waals surface area contributed by atoms with Gasteiger partial charge in [0.1, 0.15) is 5.76 Å². The van der Waals surface area contributed by atoms with Gasteiger partial charge in [-0.25, -0.2) is 4.98 Å². The van der Waals surface area contributed by atoms with Crippen LogP contribution >= 0.6 is 11.9 Å². The van der Waals surface area contributed by atoms with Crippen LogP contribution in [-0.2, 0) is 0 Å². The van der Waals surface area contributed by atoms with Crippen molar-refractivity contribution in [2.45, 2.75) is 61.7 Å². The van der Waals surface area contributed by atoms with Crippen molar-refractivity contribution in [3.63, 3.8) is 0 Å². The zero-order valence-corrected chi connectivity index (χ0v) is 13.7. The molecule has 0 bridgehead atoms. The Morgan fingerprint density at radius 2 is 1.68 bits per heavy atom. The standard InChI is InChI=1S/C12H17NO.C6H7NS/c1-2-4-10(5-3-1)12-13-8-11(14-12)9-6-7-9;7-8-6-4-2-1-3-5-6/h8-10H,1-7H2;1-5H,7H2. The fraction of sp³-hybridized carbons (Fsp3) is 0.500. The molecule has 2 aliphatic rings. The molecule has 0 aliphatic heterocycles. The van der Waals surface area contributed by atoms with Crippen LogP contribution in [0.4, 0.5) is 0 Å². The smallest absolute Gasteiger partial charge is 0.197 e. The highest BCUT2D eigenvalue weighted by atomic mass is 32.2. The van der Waals surface area contributed by atoms with Crippen molar-refractivity contribution < 1.29 is 4.42 Å². The molecular weight excluding hydrogens is 292 g/mol. The molecule has 0 unspecified atom stereocenters. The average molecular weight is 316 g/mol. The van der Waals surface area contributed by atoms with Crippen molar-refractivity contribution in [3.8, 4) is 0 Å². The lowest BCUT2D eigenvalue weighted by atomic mass is 9.89. The summed E-state index contributed by atoms with van der Waals surface area (Å²) < 4.78 is 5.84. The van der Waals surface area contributed by atoms with Crippen molar-refractivity contribution in [2.75, 3.05) is 0 Å². The van der Waals surface area contributed by atoms with Crippen molar-refractivity contribution >= 4 is 11.9 Å². The van der Waals surface area contributed by atoms with Gasteiger partial charge in [-0.05, 0) is 49.8 Å². The molecule has 0 radical (unpaired) electrons. The topological polar surface area (TPSA) is 52.0 Å². The van der Waals surface area contributed by atoms with Gasteiger partial charge in [0, 0.05) is 16.7 Å². The Bertz CT molecular complexity index is 559. The Balaban J connectivity index is 0.000000154. The minimum atomic E-state index is 0.622. The summed E-state index contributed by atoms with van der Waals surface area (Å²) in [6, 6.07) is 9.86. The van der Waals surface area contributed by atoms with E-state index in [9.17, 15) is 0 Å². The average Bonchev–Trinajstić information content (AvgIpc) is 3.34. The molecule has 1 heterocycles. The van der Waals surface area contributed by atoms with Gasteiger partial charge in [-0.1, -0.05) is 37.5 Å². The number of nitrogens with zero attached hydrogens (tertiary/aromatic N) is 1. The molecule has 1 aromatic carbocycles. The van der Waals surface area contributed by atoms with Crippen molar-refractivity contribution in [2.24, 2.45) is 5.14 Å². The second-order valence-electron chi connectivity index (χ2n) is 6.14. The number of oxazole rings is 1. The Kier molecular flexibility index (Phi) is 5.57.